The van der Waals surface area contributed by atoms with Gasteiger partial charge in [0, 0.05) is 3.57 Å². The van der Waals surface area contributed by atoms with Gasteiger partial charge in [-0.25, -0.2) is 8.78 Å². The van der Waals surface area contributed by atoms with E-state index < -0.39 is 11.6 Å². The first-order valence-corrected chi connectivity index (χ1v) is 6.83. The van der Waals surface area contributed by atoms with Crippen molar-refractivity contribution in [1.82, 2.24) is 5.43 Å². The van der Waals surface area contributed by atoms with Gasteiger partial charge in [0.25, 0.3) is 0 Å². The van der Waals surface area contributed by atoms with Gasteiger partial charge in [-0.2, -0.15) is 0 Å². The highest BCUT2D eigenvalue weighted by molar-refractivity contribution is 14.1. The standard InChI is InChI=1S/C14H13F2IN2/c15-11-4-5-13(16)10(6-11)8-14(19-18)9-2-1-3-12(17)7-9/h1-7,14,19H,8,18H2. The van der Waals surface area contributed by atoms with Crippen LogP contribution in [0.1, 0.15) is 17.2 Å². The molecule has 5 heteroatoms. The second-order valence-corrected chi connectivity index (χ2v) is 5.46. The molecule has 2 aromatic carbocycles. The van der Waals surface area contributed by atoms with Crippen molar-refractivity contribution in [3.05, 3.63) is 68.8 Å². The lowest BCUT2D eigenvalue weighted by Crippen LogP contribution is -2.29. The van der Waals surface area contributed by atoms with Gasteiger partial charge in [-0.1, -0.05) is 12.1 Å². The third kappa shape index (κ3) is 3.71. The molecule has 19 heavy (non-hydrogen) atoms. The fourth-order valence-corrected chi connectivity index (χ4v) is 2.48. The third-order valence-corrected chi connectivity index (χ3v) is 3.56. The molecule has 0 radical (unpaired) electrons. The third-order valence-electron chi connectivity index (χ3n) is 2.88. The van der Waals surface area contributed by atoms with Gasteiger partial charge in [0.05, 0.1) is 6.04 Å². The highest BCUT2D eigenvalue weighted by atomic mass is 127. The van der Waals surface area contributed by atoms with Crippen molar-refractivity contribution in [2.24, 2.45) is 5.84 Å². The molecular weight excluding hydrogens is 361 g/mol. The predicted molar refractivity (Wildman–Crippen MR) is 79.3 cm³/mol. The molecule has 0 bridgehead atoms. The molecule has 0 amide bonds. The van der Waals surface area contributed by atoms with Gasteiger partial charge in [0.1, 0.15) is 11.6 Å². The van der Waals surface area contributed by atoms with Crippen LogP contribution in [0.4, 0.5) is 8.78 Å². The van der Waals surface area contributed by atoms with E-state index >= 15 is 0 Å². The molecule has 0 aliphatic heterocycles. The maximum atomic E-state index is 13.6. The van der Waals surface area contributed by atoms with Crippen LogP contribution in [0.25, 0.3) is 0 Å². The van der Waals surface area contributed by atoms with E-state index in [1.54, 1.807) is 0 Å². The summed E-state index contributed by atoms with van der Waals surface area (Å²) in [4.78, 5) is 0. The van der Waals surface area contributed by atoms with Crippen LogP contribution in [-0.2, 0) is 6.42 Å². The van der Waals surface area contributed by atoms with Gasteiger partial charge in [0.2, 0.25) is 0 Å². The van der Waals surface area contributed by atoms with Crippen LogP contribution in [-0.4, -0.2) is 0 Å². The molecule has 0 spiro atoms. The second-order valence-electron chi connectivity index (χ2n) is 4.21. The predicted octanol–water partition coefficient (Wildman–Crippen LogP) is 3.32. The van der Waals surface area contributed by atoms with Crippen LogP contribution in [0.15, 0.2) is 42.5 Å². The Bertz CT molecular complexity index is 575. The Morgan fingerprint density at radius 1 is 1.16 bits per heavy atom. The van der Waals surface area contributed by atoms with Crippen molar-refractivity contribution in [2.45, 2.75) is 12.5 Å². The second kappa shape index (κ2) is 6.40. The minimum atomic E-state index is -0.449. The quantitative estimate of drug-likeness (QED) is 0.490. The van der Waals surface area contributed by atoms with Gasteiger partial charge in [-0.05, 0) is 70.5 Å². The summed E-state index contributed by atoms with van der Waals surface area (Å²) in [6.45, 7) is 0. The first-order valence-electron chi connectivity index (χ1n) is 5.75. The van der Waals surface area contributed by atoms with Gasteiger partial charge in [0.15, 0.2) is 0 Å². The molecule has 2 rings (SSSR count). The van der Waals surface area contributed by atoms with E-state index in [9.17, 15) is 8.78 Å². The molecule has 0 aliphatic carbocycles. The Balaban J connectivity index is 2.26. The first-order chi connectivity index (χ1) is 9.10. The Morgan fingerprint density at radius 2 is 1.95 bits per heavy atom. The smallest absolute Gasteiger partial charge is 0.126 e. The molecule has 0 fully saturated rings. The molecule has 0 saturated heterocycles. The highest BCUT2D eigenvalue weighted by Gasteiger charge is 2.14. The van der Waals surface area contributed by atoms with Crippen molar-refractivity contribution in [1.29, 1.82) is 0 Å². The molecular formula is C14H13F2IN2. The zero-order valence-corrected chi connectivity index (χ0v) is 12.2. The number of nitrogens with two attached hydrogens (primary N) is 1. The molecule has 3 N–H and O–H groups in total. The van der Waals surface area contributed by atoms with Crippen LogP contribution in [0.5, 0.6) is 0 Å². The van der Waals surface area contributed by atoms with Crippen molar-refractivity contribution in [2.75, 3.05) is 0 Å². The van der Waals surface area contributed by atoms with Crippen LogP contribution < -0.4 is 11.3 Å². The first kappa shape index (κ1) is 14.4. The number of benzene rings is 2. The van der Waals surface area contributed by atoms with Gasteiger partial charge < -0.3 is 0 Å². The van der Waals surface area contributed by atoms with Crippen LogP contribution in [0.3, 0.4) is 0 Å². The lowest BCUT2D eigenvalue weighted by atomic mass is 9.99. The summed E-state index contributed by atoms with van der Waals surface area (Å²) in [5, 5.41) is 0. The van der Waals surface area contributed by atoms with E-state index in [-0.39, 0.29) is 6.04 Å². The maximum absolute atomic E-state index is 13.6. The SMILES string of the molecule is NNC(Cc1cc(F)ccc1F)c1cccc(I)c1. The molecule has 100 valence electrons. The molecule has 2 nitrogen and oxygen atoms in total. The molecule has 0 saturated carbocycles. The molecule has 0 aliphatic rings. The minimum absolute atomic E-state index is 0.258. The average Bonchev–Trinajstić information content (AvgIpc) is 2.39. The lowest BCUT2D eigenvalue weighted by molar-refractivity contribution is 0.522. The summed E-state index contributed by atoms with van der Waals surface area (Å²) in [6.07, 6.45) is 0.292. The van der Waals surface area contributed by atoms with Crippen molar-refractivity contribution in [3.8, 4) is 0 Å². The van der Waals surface area contributed by atoms with E-state index in [1.165, 1.54) is 6.07 Å². The van der Waals surface area contributed by atoms with E-state index in [0.29, 0.717) is 12.0 Å². The zero-order valence-electron chi connectivity index (χ0n) is 10.0. The Hall–Kier alpha value is -1.05. The summed E-state index contributed by atoms with van der Waals surface area (Å²) in [7, 11) is 0. The fourth-order valence-electron chi connectivity index (χ4n) is 1.92. The maximum Gasteiger partial charge on any atom is 0.126 e. The Labute approximate surface area is 124 Å². The van der Waals surface area contributed by atoms with Gasteiger partial charge in [-0.15, -0.1) is 0 Å². The number of rotatable bonds is 4. The minimum Gasteiger partial charge on any atom is -0.271 e. The number of hydrogen-bond acceptors (Lipinski definition) is 2. The lowest BCUT2D eigenvalue weighted by Gasteiger charge is -2.17. The van der Waals surface area contributed by atoms with Crippen LogP contribution in [0, 0.1) is 15.2 Å². The number of nitrogens with one attached hydrogen (secondary N) is 1. The van der Waals surface area contributed by atoms with Gasteiger partial charge in [-0.3, -0.25) is 11.3 Å². The molecule has 0 heterocycles. The number of halogens is 3. The Morgan fingerprint density at radius 3 is 2.63 bits per heavy atom. The summed E-state index contributed by atoms with van der Waals surface area (Å²) in [5.74, 6) is 4.65. The Kier molecular flexibility index (Phi) is 4.84. The number of hydrogen-bond donors (Lipinski definition) is 2. The molecule has 0 aromatic heterocycles. The highest BCUT2D eigenvalue weighted by Crippen LogP contribution is 2.21. The largest absolute Gasteiger partial charge is 0.271 e. The van der Waals surface area contributed by atoms with E-state index in [0.717, 1.165) is 21.3 Å². The van der Waals surface area contributed by atoms with Crippen molar-refractivity contribution < 1.29 is 8.78 Å². The van der Waals surface area contributed by atoms with Crippen LogP contribution >= 0.6 is 22.6 Å². The molecule has 1 atom stereocenters. The molecule has 1 unspecified atom stereocenters. The monoisotopic (exact) mass is 374 g/mol. The van der Waals surface area contributed by atoms with E-state index in [1.807, 2.05) is 24.3 Å². The summed E-state index contributed by atoms with van der Waals surface area (Å²) in [6, 6.07) is 10.9. The van der Waals surface area contributed by atoms with Gasteiger partial charge >= 0.3 is 0 Å². The summed E-state index contributed by atoms with van der Waals surface area (Å²) in [5.41, 5.74) is 3.90. The fraction of sp³-hybridized carbons (Fsp3) is 0.143. The summed E-state index contributed by atoms with van der Waals surface area (Å²) >= 11 is 2.20. The van der Waals surface area contributed by atoms with E-state index in [2.05, 4.69) is 28.0 Å². The van der Waals surface area contributed by atoms with E-state index in [4.69, 9.17) is 5.84 Å². The number of hydrazine groups is 1. The molecule has 2 aromatic rings. The normalized spacial score (nSPS) is 12.4. The average molecular weight is 374 g/mol. The van der Waals surface area contributed by atoms with Crippen molar-refractivity contribution in [3.63, 3.8) is 0 Å². The topological polar surface area (TPSA) is 38.0 Å². The van der Waals surface area contributed by atoms with Crippen molar-refractivity contribution >= 4 is 22.6 Å². The van der Waals surface area contributed by atoms with Crippen LogP contribution in [0.2, 0.25) is 0 Å². The summed E-state index contributed by atoms with van der Waals surface area (Å²) < 4.78 is 27.8. The zero-order chi connectivity index (χ0) is 13.8.